The fourth-order valence-electron chi connectivity index (χ4n) is 0.620. The van der Waals surface area contributed by atoms with E-state index < -0.39 is 0 Å². The van der Waals surface area contributed by atoms with Crippen LogP contribution in [0.2, 0.25) is 0 Å². The number of nitrogens with zero attached hydrogens (tertiary/aromatic N) is 1. The van der Waals surface area contributed by atoms with Crippen LogP contribution in [0.3, 0.4) is 0 Å². The van der Waals surface area contributed by atoms with Gasteiger partial charge in [0, 0.05) is 13.7 Å². The summed E-state index contributed by atoms with van der Waals surface area (Å²) >= 11 is 0. The van der Waals surface area contributed by atoms with E-state index >= 15 is 0 Å². The molecular weight excluding hydrogens is 114 g/mol. The molecule has 2 heteroatoms. The van der Waals surface area contributed by atoms with Crippen molar-refractivity contribution >= 4 is 0 Å². The van der Waals surface area contributed by atoms with Gasteiger partial charge in [-0.3, -0.25) is 0 Å². The summed E-state index contributed by atoms with van der Waals surface area (Å²) in [5.41, 5.74) is 1.17. The normalized spacial score (nSPS) is 9.11. The largest absolute Gasteiger partial charge is 0.481 e. The first kappa shape index (κ1) is 6.08. The van der Waals surface area contributed by atoms with Gasteiger partial charge in [-0.15, -0.1) is 0 Å². The van der Waals surface area contributed by atoms with E-state index in [0.29, 0.717) is 5.88 Å². The number of hydrogen-bond acceptors (Lipinski definition) is 2. The predicted molar refractivity (Wildman–Crippen MR) is 37.6 cm³/mol. The third-order valence-electron chi connectivity index (χ3n) is 1.10. The molecule has 0 fully saturated rings. The van der Waals surface area contributed by atoms with Crippen molar-refractivity contribution < 1.29 is 6.16 Å². The number of methoxy groups -OCH3 is 1. The van der Waals surface area contributed by atoms with E-state index in [1.165, 1.54) is 5.56 Å². The standard InChI is InChI=1S/C7H9NO.H2/c1-6-3-4-8-7(5-6)9-2;/h3-5H,1-2H3;1H. The zero-order chi connectivity index (χ0) is 6.69. The Bertz CT molecular complexity index is 203. The van der Waals surface area contributed by atoms with Crippen molar-refractivity contribution in [3.63, 3.8) is 0 Å². The van der Waals surface area contributed by atoms with Crippen molar-refractivity contribution in [1.29, 1.82) is 0 Å². The van der Waals surface area contributed by atoms with Gasteiger partial charge in [0.15, 0.2) is 0 Å². The van der Waals surface area contributed by atoms with Crippen molar-refractivity contribution in [2.24, 2.45) is 0 Å². The minimum Gasteiger partial charge on any atom is -0.481 e. The highest BCUT2D eigenvalue weighted by atomic mass is 16.5. The Hall–Kier alpha value is -1.05. The molecule has 0 aromatic carbocycles. The number of ether oxygens (including phenoxy) is 1. The zero-order valence-electron chi connectivity index (χ0n) is 5.59. The molecule has 1 rings (SSSR count). The summed E-state index contributed by atoms with van der Waals surface area (Å²) in [6.07, 6.45) is 1.73. The van der Waals surface area contributed by atoms with Crippen LogP contribution in [0, 0.1) is 6.92 Å². The lowest BCUT2D eigenvalue weighted by Crippen LogP contribution is -1.85. The first-order chi connectivity index (χ1) is 4.33. The first-order valence-corrected chi connectivity index (χ1v) is 2.79. The minimum atomic E-state index is 0. The summed E-state index contributed by atoms with van der Waals surface area (Å²) in [5, 5.41) is 0. The topological polar surface area (TPSA) is 22.1 Å². The minimum absolute atomic E-state index is 0. The molecule has 0 spiro atoms. The molecule has 0 saturated carbocycles. The Labute approximate surface area is 56.0 Å². The average Bonchev–Trinajstić information content (AvgIpc) is 1.88. The molecule has 0 atom stereocenters. The second-order valence-corrected chi connectivity index (χ2v) is 1.88. The van der Waals surface area contributed by atoms with Crippen LogP contribution >= 0.6 is 0 Å². The van der Waals surface area contributed by atoms with Crippen molar-refractivity contribution in [2.75, 3.05) is 7.11 Å². The zero-order valence-corrected chi connectivity index (χ0v) is 5.59. The van der Waals surface area contributed by atoms with Crippen LogP contribution in [0.5, 0.6) is 5.88 Å². The molecule has 2 nitrogen and oxygen atoms in total. The molecule has 9 heavy (non-hydrogen) atoms. The Morgan fingerprint density at radius 1 is 1.67 bits per heavy atom. The Kier molecular flexibility index (Phi) is 1.68. The number of aromatic nitrogens is 1. The lowest BCUT2D eigenvalue weighted by Gasteiger charge is -1.96. The van der Waals surface area contributed by atoms with Gasteiger partial charge in [-0.25, -0.2) is 4.98 Å². The third-order valence-corrected chi connectivity index (χ3v) is 1.10. The van der Waals surface area contributed by atoms with E-state index in [-0.39, 0.29) is 1.43 Å². The molecule has 0 N–H and O–H groups in total. The van der Waals surface area contributed by atoms with Gasteiger partial charge in [-0.1, -0.05) is 0 Å². The number of aryl methyl sites for hydroxylation is 1. The van der Waals surface area contributed by atoms with Crippen molar-refractivity contribution in [2.45, 2.75) is 6.92 Å². The van der Waals surface area contributed by atoms with Gasteiger partial charge >= 0.3 is 0 Å². The SMILES string of the molecule is COc1cc(C)ccn1.[HH]. The van der Waals surface area contributed by atoms with E-state index in [0.717, 1.165) is 0 Å². The van der Waals surface area contributed by atoms with Gasteiger partial charge in [0.1, 0.15) is 0 Å². The maximum atomic E-state index is 4.88. The Morgan fingerprint density at radius 2 is 2.44 bits per heavy atom. The molecule has 0 radical (unpaired) electrons. The van der Waals surface area contributed by atoms with E-state index in [9.17, 15) is 0 Å². The van der Waals surface area contributed by atoms with Crippen LogP contribution in [0.25, 0.3) is 0 Å². The second-order valence-electron chi connectivity index (χ2n) is 1.88. The fraction of sp³-hybridized carbons (Fsp3) is 0.286. The number of hydrogen-bond donors (Lipinski definition) is 0. The maximum Gasteiger partial charge on any atom is 0.213 e. The molecular formula is C7H11NO. The Morgan fingerprint density at radius 3 is 2.89 bits per heavy atom. The van der Waals surface area contributed by atoms with E-state index in [2.05, 4.69) is 4.98 Å². The summed E-state index contributed by atoms with van der Waals surface area (Å²) in [4.78, 5) is 3.94. The Balaban J connectivity index is 0.000000810. The molecule has 1 aromatic heterocycles. The van der Waals surface area contributed by atoms with Crippen LogP contribution in [0.1, 0.15) is 6.99 Å². The van der Waals surface area contributed by atoms with Crippen molar-refractivity contribution in [1.82, 2.24) is 4.98 Å². The number of pyridine rings is 1. The lowest BCUT2D eigenvalue weighted by molar-refractivity contribution is 0.397. The molecule has 1 aromatic rings. The van der Waals surface area contributed by atoms with Gasteiger partial charge < -0.3 is 4.74 Å². The highest BCUT2D eigenvalue weighted by molar-refractivity contribution is 5.18. The summed E-state index contributed by atoms with van der Waals surface area (Å²) in [5.74, 6) is 0.676. The van der Waals surface area contributed by atoms with E-state index in [1.807, 2.05) is 19.1 Å². The monoisotopic (exact) mass is 125 g/mol. The second kappa shape index (κ2) is 2.49. The molecule has 0 amide bonds. The van der Waals surface area contributed by atoms with Crippen LogP contribution in [-0.4, -0.2) is 12.1 Å². The van der Waals surface area contributed by atoms with Crippen molar-refractivity contribution in [3.05, 3.63) is 23.9 Å². The molecule has 1 heterocycles. The molecule has 0 unspecified atom stereocenters. The average molecular weight is 125 g/mol. The van der Waals surface area contributed by atoms with Crippen LogP contribution in [0.4, 0.5) is 0 Å². The van der Waals surface area contributed by atoms with Gasteiger partial charge in [-0.05, 0) is 18.6 Å². The molecule has 0 saturated heterocycles. The summed E-state index contributed by atoms with van der Waals surface area (Å²) in [6.45, 7) is 2.00. The highest BCUT2D eigenvalue weighted by Gasteiger charge is 1.88. The van der Waals surface area contributed by atoms with Crippen LogP contribution in [-0.2, 0) is 0 Å². The molecule has 0 bridgehead atoms. The van der Waals surface area contributed by atoms with Gasteiger partial charge in [0.25, 0.3) is 0 Å². The van der Waals surface area contributed by atoms with Crippen molar-refractivity contribution in [3.8, 4) is 5.88 Å². The predicted octanol–water partition coefficient (Wildman–Crippen LogP) is 1.64. The van der Waals surface area contributed by atoms with E-state index in [1.54, 1.807) is 13.3 Å². The highest BCUT2D eigenvalue weighted by Crippen LogP contribution is 2.05. The summed E-state index contributed by atoms with van der Waals surface area (Å²) in [6, 6.07) is 3.82. The molecule has 0 aliphatic rings. The lowest BCUT2D eigenvalue weighted by atomic mass is 10.3. The molecule has 0 aliphatic heterocycles. The van der Waals surface area contributed by atoms with Crippen LogP contribution in [0.15, 0.2) is 18.3 Å². The smallest absolute Gasteiger partial charge is 0.213 e. The van der Waals surface area contributed by atoms with Gasteiger partial charge in [0.05, 0.1) is 7.11 Å². The van der Waals surface area contributed by atoms with Gasteiger partial charge in [-0.2, -0.15) is 0 Å². The number of rotatable bonds is 1. The molecule has 50 valence electrons. The van der Waals surface area contributed by atoms with Gasteiger partial charge in [0.2, 0.25) is 5.88 Å². The van der Waals surface area contributed by atoms with Crippen LogP contribution < -0.4 is 4.74 Å². The molecule has 0 aliphatic carbocycles. The van der Waals surface area contributed by atoms with E-state index in [4.69, 9.17) is 4.74 Å². The maximum absolute atomic E-state index is 4.88. The quantitative estimate of drug-likeness (QED) is 0.569. The summed E-state index contributed by atoms with van der Waals surface area (Å²) in [7, 11) is 1.61. The fourth-order valence-corrected chi connectivity index (χ4v) is 0.620. The first-order valence-electron chi connectivity index (χ1n) is 2.79. The third kappa shape index (κ3) is 1.42. The summed E-state index contributed by atoms with van der Waals surface area (Å²) < 4.78 is 4.88.